The minimum atomic E-state index is -0.549. The highest BCUT2D eigenvalue weighted by Crippen LogP contribution is 2.45. The first-order valence-corrected chi connectivity index (χ1v) is 7.14. The number of halogens is 1. The van der Waals surface area contributed by atoms with E-state index in [1.165, 1.54) is 18.4 Å². The number of hydrogen-bond donors (Lipinski definition) is 2. The highest BCUT2D eigenvalue weighted by atomic mass is 19.1. The number of nitrogens with one attached hydrogen (secondary N) is 1. The Kier molecular flexibility index (Phi) is 3.10. The fraction of sp³-hybridized carbons (Fsp3) is 0.0588. The van der Waals surface area contributed by atoms with E-state index in [-0.39, 0.29) is 23.2 Å². The number of furan rings is 1. The number of nitriles is 1. The number of nitrogens with zero attached hydrogens (tertiary/aromatic N) is 2. The van der Waals surface area contributed by atoms with E-state index in [2.05, 4.69) is 16.3 Å². The summed E-state index contributed by atoms with van der Waals surface area (Å²) in [5, 5.41) is 16.5. The fourth-order valence-electron chi connectivity index (χ4n) is 2.82. The van der Waals surface area contributed by atoms with Crippen molar-refractivity contribution in [2.24, 2.45) is 5.73 Å². The molecule has 118 valence electrons. The van der Waals surface area contributed by atoms with Crippen LogP contribution >= 0.6 is 0 Å². The number of H-pyrrole nitrogens is 1. The van der Waals surface area contributed by atoms with Crippen LogP contribution in [0.4, 0.5) is 4.39 Å². The fourth-order valence-corrected chi connectivity index (χ4v) is 2.82. The first-order valence-electron chi connectivity index (χ1n) is 7.14. The molecule has 1 aliphatic rings. The van der Waals surface area contributed by atoms with Gasteiger partial charge in [-0.1, -0.05) is 0 Å². The minimum Gasteiger partial charge on any atom is -0.468 e. The van der Waals surface area contributed by atoms with Crippen molar-refractivity contribution in [3.63, 3.8) is 0 Å². The zero-order chi connectivity index (χ0) is 16.7. The number of allylic oxidation sites excluding steroid dienone is 1. The van der Waals surface area contributed by atoms with Crippen molar-refractivity contribution in [3.05, 3.63) is 71.3 Å². The third kappa shape index (κ3) is 2.05. The third-order valence-corrected chi connectivity index (χ3v) is 3.90. The van der Waals surface area contributed by atoms with Crippen LogP contribution in [0, 0.1) is 17.1 Å². The van der Waals surface area contributed by atoms with E-state index in [1.807, 2.05) is 0 Å². The van der Waals surface area contributed by atoms with Crippen LogP contribution in [0.25, 0.3) is 11.3 Å². The Hall–Kier alpha value is -3.53. The van der Waals surface area contributed by atoms with Crippen LogP contribution in [-0.4, -0.2) is 10.2 Å². The van der Waals surface area contributed by atoms with Crippen LogP contribution in [0.5, 0.6) is 5.88 Å². The van der Waals surface area contributed by atoms with Gasteiger partial charge in [0.1, 0.15) is 23.2 Å². The predicted octanol–water partition coefficient (Wildman–Crippen LogP) is 3.03. The van der Waals surface area contributed by atoms with E-state index in [0.717, 1.165) is 0 Å². The van der Waals surface area contributed by atoms with Crippen LogP contribution in [0.1, 0.15) is 17.2 Å². The average Bonchev–Trinajstić information content (AvgIpc) is 3.24. The first-order chi connectivity index (χ1) is 11.7. The zero-order valence-corrected chi connectivity index (χ0v) is 12.3. The minimum absolute atomic E-state index is 0.0106. The second-order valence-electron chi connectivity index (χ2n) is 5.26. The predicted molar refractivity (Wildman–Crippen MR) is 82.0 cm³/mol. The molecule has 3 aromatic rings. The lowest BCUT2D eigenvalue weighted by molar-refractivity contribution is 0.371. The van der Waals surface area contributed by atoms with Gasteiger partial charge in [0.05, 0.1) is 23.4 Å². The van der Waals surface area contributed by atoms with Gasteiger partial charge in [-0.2, -0.15) is 5.26 Å². The third-order valence-electron chi connectivity index (χ3n) is 3.90. The zero-order valence-electron chi connectivity index (χ0n) is 12.3. The van der Waals surface area contributed by atoms with E-state index >= 15 is 0 Å². The summed E-state index contributed by atoms with van der Waals surface area (Å²) in [7, 11) is 0. The Morgan fingerprint density at radius 1 is 1.25 bits per heavy atom. The van der Waals surface area contributed by atoms with Gasteiger partial charge in [-0.15, -0.1) is 5.10 Å². The first kappa shape index (κ1) is 14.1. The van der Waals surface area contributed by atoms with Crippen LogP contribution in [0.2, 0.25) is 0 Å². The van der Waals surface area contributed by atoms with E-state index < -0.39 is 5.92 Å². The molecule has 0 saturated heterocycles. The number of ether oxygens (including phenoxy) is 1. The molecular formula is C17H11FN4O2. The summed E-state index contributed by atoms with van der Waals surface area (Å²) in [4.78, 5) is 0. The Morgan fingerprint density at radius 2 is 2.04 bits per heavy atom. The maximum absolute atomic E-state index is 13.2. The second kappa shape index (κ2) is 5.28. The molecule has 0 spiro atoms. The molecule has 3 heterocycles. The Morgan fingerprint density at radius 3 is 2.71 bits per heavy atom. The molecule has 0 unspecified atom stereocenters. The molecule has 0 fully saturated rings. The van der Waals surface area contributed by atoms with Gasteiger partial charge < -0.3 is 14.9 Å². The normalized spacial score (nSPS) is 16.4. The Balaban J connectivity index is 1.94. The van der Waals surface area contributed by atoms with Gasteiger partial charge in [0.25, 0.3) is 0 Å². The van der Waals surface area contributed by atoms with Gasteiger partial charge in [-0.05, 0) is 36.4 Å². The second-order valence-corrected chi connectivity index (χ2v) is 5.26. The maximum Gasteiger partial charge on any atom is 0.244 e. The summed E-state index contributed by atoms with van der Waals surface area (Å²) in [6, 6.07) is 11.5. The summed E-state index contributed by atoms with van der Waals surface area (Å²) in [6.07, 6.45) is 1.52. The largest absolute Gasteiger partial charge is 0.468 e. The molecule has 4 rings (SSSR count). The molecule has 0 saturated carbocycles. The monoisotopic (exact) mass is 322 g/mol. The van der Waals surface area contributed by atoms with Crippen molar-refractivity contribution in [2.45, 2.75) is 5.92 Å². The molecule has 1 aromatic carbocycles. The molecule has 1 aliphatic heterocycles. The lowest BCUT2D eigenvalue weighted by Crippen LogP contribution is -2.20. The number of aromatic nitrogens is 2. The Labute approximate surface area is 136 Å². The van der Waals surface area contributed by atoms with E-state index in [1.54, 1.807) is 24.3 Å². The van der Waals surface area contributed by atoms with E-state index in [0.29, 0.717) is 22.6 Å². The SMILES string of the molecule is N#CC1=C(N)Oc2n[nH]c(-c3ccc(F)cc3)c2[C@@H]1c1ccco1. The average molecular weight is 322 g/mol. The molecule has 2 aromatic heterocycles. The summed E-state index contributed by atoms with van der Waals surface area (Å²) in [6.45, 7) is 0. The smallest absolute Gasteiger partial charge is 0.244 e. The lowest BCUT2D eigenvalue weighted by Gasteiger charge is -2.22. The van der Waals surface area contributed by atoms with Crippen molar-refractivity contribution in [1.29, 1.82) is 5.26 Å². The molecule has 0 aliphatic carbocycles. The molecule has 1 atom stereocenters. The molecule has 0 bridgehead atoms. The molecule has 7 heteroatoms. The van der Waals surface area contributed by atoms with Crippen LogP contribution < -0.4 is 10.5 Å². The van der Waals surface area contributed by atoms with Gasteiger partial charge in [0.15, 0.2) is 0 Å². The lowest BCUT2D eigenvalue weighted by atomic mass is 9.86. The number of fused-ring (bicyclic) bond motifs is 1. The molecular weight excluding hydrogens is 311 g/mol. The summed E-state index contributed by atoms with van der Waals surface area (Å²) in [5.74, 6) is -0.0834. The van der Waals surface area contributed by atoms with Gasteiger partial charge in [-0.3, -0.25) is 5.10 Å². The molecule has 3 N–H and O–H groups in total. The molecule has 6 nitrogen and oxygen atoms in total. The van der Waals surface area contributed by atoms with Gasteiger partial charge >= 0.3 is 0 Å². The molecule has 0 radical (unpaired) electrons. The topological polar surface area (TPSA) is 101 Å². The van der Waals surface area contributed by atoms with E-state index in [9.17, 15) is 9.65 Å². The van der Waals surface area contributed by atoms with Gasteiger partial charge in [0, 0.05) is 5.56 Å². The number of nitrogens with two attached hydrogens (primary N) is 1. The number of benzene rings is 1. The van der Waals surface area contributed by atoms with Crippen LogP contribution in [0.15, 0.2) is 58.5 Å². The quantitative estimate of drug-likeness (QED) is 0.755. The molecule has 0 amide bonds. The van der Waals surface area contributed by atoms with Gasteiger partial charge in [-0.25, -0.2) is 4.39 Å². The number of aromatic amines is 1. The van der Waals surface area contributed by atoms with Crippen molar-refractivity contribution in [3.8, 4) is 23.2 Å². The highest BCUT2D eigenvalue weighted by molar-refractivity contribution is 5.70. The van der Waals surface area contributed by atoms with Crippen LogP contribution in [-0.2, 0) is 0 Å². The molecule has 24 heavy (non-hydrogen) atoms. The summed E-state index contributed by atoms with van der Waals surface area (Å²) >= 11 is 0. The van der Waals surface area contributed by atoms with Crippen molar-refractivity contribution < 1.29 is 13.5 Å². The summed E-state index contributed by atoms with van der Waals surface area (Å²) in [5.41, 5.74) is 8.05. The van der Waals surface area contributed by atoms with Crippen molar-refractivity contribution in [1.82, 2.24) is 10.2 Å². The number of hydrogen-bond acceptors (Lipinski definition) is 5. The standard InChI is InChI=1S/C17H11FN4O2/c18-10-5-3-9(4-6-10)15-14-13(12-2-1-7-23-12)11(8-19)16(20)24-17(14)22-21-15/h1-7,13H,20H2,(H,21,22)/t13-/m0/s1. The summed E-state index contributed by atoms with van der Waals surface area (Å²) < 4.78 is 24.2. The maximum atomic E-state index is 13.2. The van der Waals surface area contributed by atoms with E-state index in [4.69, 9.17) is 14.9 Å². The van der Waals surface area contributed by atoms with Crippen molar-refractivity contribution >= 4 is 0 Å². The van der Waals surface area contributed by atoms with Gasteiger partial charge in [0.2, 0.25) is 11.8 Å². The highest BCUT2D eigenvalue weighted by Gasteiger charge is 2.37. The van der Waals surface area contributed by atoms with Crippen LogP contribution in [0.3, 0.4) is 0 Å². The Bertz CT molecular complexity index is 965. The number of rotatable bonds is 2. The van der Waals surface area contributed by atoms with Crippen molar-refractivity contribution in [2.75, 3.05) is 0 Å².